The van der Waals surface area contributed by atoms with Crippen LogP contribution >= 0.6 is 0 Å². The van der Waals surface area contributed by atoms with Gasteiger partial charge >= 0.3 is 11.9 Å². The highest BCUT2D eigenvalue weighted by Crippen LogP contribution is 2.29. The molecule has 0 aromatic heterocycles. The van der Waals surface area contributed by atoms with Crippen LogP contribution in [0.2, 0.25) is 0 Å². The van der Waals surface area contributed by atoms with Crippen molar-refractivity contribution < 1.29 is 24.2 Å². The van der Waals surface area contributed by atoms with Gasteiger partial charge in [-0.3, -0.25) is 9.59 Å². The summed E-state index contributed by atoms with van der Waals surface area (Å²) in [7, 11) is 0. The average molecular weight is 864 g/mol. The SMILES string of the molecule is CCCCCCCCCCCC(CCC)C(=O)OCCCCCCC(O)(CCCCCCOC(=O)C(CCC)CCCCCCCCCCC)CCCCN(CCC)CCC. The number of hydrogen-bond acceptors (Lipinski definition) is 6. The summed E-state index contributed by atoms with van der Waals surface area (Å²) in [5.74, 6) is 0.173. The van der Waals surface area contributed by atoms with Gasteiger partial charge in [0.05, 0.1) is 30.7 Å². The number of esters is 2. The van der Waals surface area contributed by atoms with E-state index in [2.05, 4.69) is 46.4 Å². The summed E-state index contributed by atoms with van der Waals surface area (Å²) in [4.78, 5) is 28.5. The molecule has 2 unspecified atom stereocenters. The fourth-order valence-corrected chi connectivity index (χ4v) is 9.39. The molecule has 6 heteroatoms. The van der Waals surface area contributed by atoms with Crippen molar-refractivity contribution in [2.75, 3.05) is 32.8 Å². The van der Waals surface area contributed by atoms with Gasteiger partial charge in [-0.25, -0.2) is 0 Å². The molecule has 0 aliphatic rings. The molecule has 1 N–H and O–H groups in total. The van der Waals surface area contributed by atoms with Crippen LogP contribution in [0.4, 0.5) is 0 Å². The Morgan fingerprint density at radius 1 is 0.377 bits per heavy atom. The summed E-state index contributed by atoms with van der Waals surface area (Å²) in [6.45, 7) is 17.9. The van der Waals surface area contributed by atoms with Gasteiger partial charge in [0.2, 0.25) is 0 Å². The predicted molar refractivity (Wildman–Crippen MR) is 264 cm³/mol. The van der Waals surface area contributed by atoms with Crippen LogP contribution in [0.15, 0.2) is 0 Å². The van der Waals surface area contributed by atoms with Gasteiger partial charge in [-0.1, -0.05) is 208 Å². The summed E-state index contributed by atoms with van der Waals surface area (Å²) in [5.41, 5.74) is -0.607. The number of unbranched alkanes of at least 4 members (excludes halogenated alkanes) is 23. The van der Waals surface area contributed by atoms with Crippen molar-refractivity contribution in [1.29, 1.82) is 0 Å². The van der Waals surface area contributed by atoms with Gasteiger partial charge in [0.25, 0.3) is 0 Å². The van der Waals surface area contributed by atoms with Crippen LogP contribution in [0.5, 0.6) is 0 Å². The van der Waals surface area contributed by atoms with Gasteiger partial charge in [-0.2, -0.15) is 0 Å². The first-order chi connectivity index (χ1) is 29.8. The molecule has 0 aromatic carbocycles. The zero-order valence-corrected chi connectivity index (χ0v) is 42.3. The second-order valence-corrected chi connectivity index (χ2v) is 19.4. The van der Waals surface area contributed by atoms with Gasteiger partial charge < -0.3 is 19.5 Å². The Morgan fingerprint density at radius 3 is 1.07 bits per heavy atom. The molecule has 2 atom stereocenters. The molecular weight excluding hydrogens is 755 g/mol. The first-order valence-corrected chi connectivity index (χ1v) is 27.6. The number of hydrogen-bond donors (Lipinski definition) is 1. The van der Waals surface area contributed by atoms with Crippen LogP contribution in [0.1, 0.15) is 292 Å². The molecule has 61 heavy (non-hydrogen) atoms. The highest BCUT2D eigenvalue weighted by atomic mass is 16.5. The maximum atomic E-state index is 12.9. The standard InChI is InChI=1S/C55H109NO5/c1-7-13-15-17-19-21-23-25-31-41-51(39-9-3)53(57)60-49-37-29-27-33-43-55(59,45-35-36-48-56(46-11-5)47-12-6)44-34-28-30-38-50-61-54(58)52(40-10-4)42-32-26-24-22-20-18-16-14-8-2/h51-52,59H,7-50H2,1-6H3. The lowest BCUT2D eigenvalue weighted by Crippen LogP contribution is -2.30. The van der Waals surface area contributed by atoms with Crippen LogP contribution in [0, 0.1) is 11.8 Å². The van der Waals surface area contributed by atoms with Crippen molar-refractivity contribution in [3.8, 4) is 0 Å². The van der Waals surface area contributed by atoms with E-state index in [1.54, 1.807) is 0 Å². The second-order valence-electron chi connectivity index (χ2n) is 19.4. The van der Waals surface area contributed by atoms with E-state index in [-0.39, 0.29) is 23.8 Å². The Balaban J connectivity index is 4.62. The van der Waals surface area contributed by atoms with E-state index in [1.807, 2.05) is 0 Å². The minimum absolute atomic E-state index is 0.0235. The minimum Gasteiger partial charge on any atom is -0.465 e. The summed E-state index contributed by atoms with van der Waals surface area (Å²) in [6.07, 6.45) is 44.8. The van der Waals surface area contributed by atoms with Crippen LogP contribution in [0.3, 0.4) is 0 Å². The maximum absolute atomic E-state index is 12.9. The first kappa shape index (κ1) is 59.9. The van der Waals surface area contributed by atoms with Crippen molar-refractivity contribution >= 4 is 11.9 Å². The van der Waals surface area contributed by atoms with Crippen molar-refractivity contribution in [2.24, 2.45) is 11.8 Å². The summed E-state index contributed by atoms with van der Waals surface area (Å²) >= 11 is 0. The Labute approximate surface area is 382 Å². The minimum atomic E-state index is -0.607. The monoisotopic (exact) mass is 864 g/mol. The third kappa shape index (κ3) is 37.9. The average Bonchev–Trinajstić information content (AvgIpc) is 3.25. The number of ether oxygens (including phenoxy) is 2. The molecule has 0 saturated carbocycles. The third-order valence-electron chi connectivity index (χ3n) is 13.3. The summed E-state index contributed by atoms with van der Waals surface area (Å²) in [5, 5.41) is 11.9. The highest BCUT2D eigenvalue weighted by molar-refractivity contribution is 5.72. The van der Waals surface area contributed by atoms with Crippen LogP contribution in [0.25, 0.3) is 0 Å². The van der Waals surface area contributed by atoms with E-state index in [9.17, 15) is 14.7 Å². The fourth-order valence-electron chi connectivity index (χ4n) is 9.39. The molecule has 0 fully saturated rings. The van der Waals surface area contributed by atoms with Crippen molar-refractivity contribution in [3.63, 3.8) is 0 Å². The van der Waals surface area contributed by atoms with Crippen molar-refractivity contribution in [3.05, 3.63) is 0 Å². The maximum Gasteiger partial charge on any atom is 0.308 e. The molecule has 0 aliphatic carbocycles. The van der Waals surface area contributed by atoms with Gasteiger partial charge in [0.1, 0.15) is 0 Å². The quantitative estimate of drug-likeness (QED) is 0.0485. The largest absolute Gasteiger partial charge is 0.465 e. The molecule has 0 aromatic rings. The molecule has 0 rings (SSSR count). The fraction of sp³-hybridized carbons (Fsp3) is 0.964. The van der Waals surface area contributed by atoms with Gasteiger partial charge in [-0.15, -0.1) is 0 Å². The van der Waals surface area contributed by atoms with Crippen LogP contribution in [-0.2, 0) is 19.1 Å². The normalized spacial score (nSPS) is 13.7. The number of carbonyl (C=O) groups is 2. The zero-order valence-electron chi connectivity index (χ0n) is 42.3. The van der Waals surface area contributed by atoms with E-state index in [4.69, 9.17) is 9.47 Å². The molecule has 0 heterocycles. The lowest BCUT2D eigenvalue weighted by atomic mass is 9.85. The van der Waals surface area contributed by atoms with Gasteiger partial charge in [0, 0.05) is 0 Å². The molecular formula is C55H109NO5. The topological polar surface area (TPSA) is 76.1 Å². The predicted octanol–water partition coefficient (Wildman–Crippen LogP) is 16.7. The van der Waals surface area contributed by atoms with E-state index < -0.39 is 5.60 Å². The summed E-state index contributed by atoms with van der Waals surface area (Å²) < 4.78 is 11.6. The molecule has 0 bridgehead atoms. The Kier molecular flexibility index (Phi) is 44.6. The molecule has 0 saturated heterocycles. The smallest absolute Gasteiger partial charge is 0.308 e. The Bertz CT molecular complexity index is 862. The van der Waals surface area contributed by atoms with Crippen LogP contribution < -0.4 is 0 Å². The van der Waals surface area contributed by atoms with Crippen molar-refractivity contribution in [1.82, 2.24) is 4.90 Å². The lowest BCUT2D eigenvalue weighted by molar-refractivity contribution is -0.150. The molecule has 6 nitrogen and oxygen atoms in total. The van der Waals surface area contributed by atoms with Crippen molar-refractivity contribution in [2.45, 2.75) is 298 Å². The molecule has 0 amide bonds. The number of nitrogens with zero attached hydrogens (tertiary/aromatic N) is 1. The second kappa shape index (κ2) is 45.4. The highest BCUT2D eigenvalue weighted by Gasteiger charge is 2.26. The molecule has 0 spiro atoms. The third-order valence-corrected chi connectivity index (χ3v) is 13.3. The Hall–Kier alpha value is -1.14. The molecule has 364 valence electrons. The molecule has 0 radical (unpaired) electrons. The van der Waals surface area contributed by atoms with Gasteiger partial charge in [-0.05, 0) is 103 Å². The first-order valence-electron chi connectivity index (χ1n) is 27.6. The van der Waals surface area contributed by atoms with E-state index in [0.717, 1.165) is 141 Å². The van der Waals surface area contributed by atoms with E-state index >= 15 is 0 Å². The molecule has 0 aliphatic heterocycles. The van der Waals surface area contributed by atoms with Crippen LogP contribution in [-0.4, -0.2) is 60.4 Å². The van der Waals surface area contributed by atoms with E-state index in [1.165, 1.54) is 129 Å². The summed E-state index contributed by atoms with van der Waals surface area (Å²) in [6, 6.07) is 0. The number of carbonyl (C=O) groups excluding carboxylic acids is 2. The Morgan fingerprint density at radius 2 is 0.705 bits per heavy atom. The zero-order chi connectivity index (χ0) is 44.9. The lowest BCUT2D eigenvalue weighted by Gasteiger charge is -2.29. The number of aliphatic hydroxyl groups is 1. The van der Waals surface area contributed by atoms with E-state index in [0.29, 0.717) is 13.2 Å². The number of rotatable bonds is 49. The van der Waals surface area contributed by atoms with Gasteiger partial charge in [0.15, 0.2) is 0 Å².